The van der Waals surface area contributed by atoms with Crippen LogP contribution in [-0.2, 0) is 0 Å². The van der Waals surface area contributed by atoms with E-state index in [2.05, 4.69) is 19.9 Å². The number of fused-ring (bicyclic) bond motifs is 1. The van der Waals surface area contributed by atoms with Gasteiger partial charge < -0.3 is 5.11 Å². The highest BCUT2D eigenvalue weighted by Gasteiger charge is 2.49. The minimum Gasteiger partial charge on any atom is -0.392 e. The number of hydrogen-bond acceptors (Lipinski definition) is 1. The lowest BCUT2D eigenvalue weighted by Crippen LogP contribution is -2.47. The van der Waals surface area contributed by atoms with Gasteiger partial charge in [-0.05, 0) is 35.7 Å². The topological polar surface area (TPSA) is 20.2 Å². The van der Waals surface area contributed by atoms with E-state index in [1.807, 2.05) is 0 Å². The van der Waals surface area contributed by atoms with E-state index in [9.17, 15) is 0 Å². The second-order valence-electron chi connectivity index (χ2n) is 4.55. The second kappa shape index (κ2) is 2.10. The molecule has 1 heteroatoms. The zero-order valence-electron chi connectivity index (χ0n) is 7.30. The molecular weight excluding hydrogens is 136 g/mol. The minimum absolute atomic E-state index is 0.281. The second-order valence-corrected chi connectivity index (χ2v) is 4.55. The van der Waals surface area contributed by atoms with Crippen LogP contribution in [0.2, 0.25) is 0 Å². The van der Waals surface area contributed by atoms with Crippen LogP contribution in [0.5, 0.6) is 0 Å². The highest BCUT2D eigenvalue weighted by Crippen LogP contribution is 2.57. The summed E-state index contributed by atoms with van der Waals surface area (Å²) in [6.07, 6.45) is 4.79. The summed E-state index contributed by atoms with van der Waals surface area (Å²) in [5, 5.41) is 8.93. The number of rotatable bonds is 1. The molecule has 1 nitrogen and oxygen atoms in total. The summed E-state index contributed by atoms with van der Waals surface area (Å²) < 4.78 is 0. The van der Waals surface area contributed by atoms with E-state index in [4.69, 9.17) is 5.11 Å². The van der Waals surface area contributed by atoms with Crippen molar-refractivity contribution in [1.82, 2.24) is 0 Å². The number of hydrogen-bond donors (Lipinski definition) is 1. The Kier molecular flexibility index (Phi) is 1.40. The predicted molar refractivity (Wildman–Crippen MR) is 45.2 cm³/mol. The molecule has 0 aromatic heterocycles. The Morgan fingerprint density at radius 3 is 2.73 bits per heavy atom. The van der Waals surface area contributed by atoms with Crippen LogP contribution in [0.4, 0.5) is 0 Å². The fourth-order valence-corrected chi connectivity index (χ4v) is 2.47. The van der Waals surface area contributed by atoms with Crippen molar-refractivity contribution in [2.24, 2.45) is 17.3 Å². The normalized spacial score (nSPS) is 39.4. The maximum atomic E-state index is 8.93. The van der Waals surface area contributed by atoms with Crippen molar-refractivity contribution in [2.45, 2.75) is 26.7 Å². The maximum Gasteiger partial charge on any atom is 0.0641 e. The van der Waals surface area contributed by atoms with Crippen LogP contribution in [0, 0.1) is 17.3 Å². The first-order valence-corrected chi connectivity index (χ1v) is 4.45. The molecule has 0 aliphatic heterocycles. The Morgan fingerprint density at radius 1 is 1.64 bits per heavy atom. The lowest BCUT2D eigenvalue weighted by Gasteiger charge is -2.55. The molecule has 1 saturated carbocycles. The van der Waals surface area contributed by atoms with Crippen molar-refractivity contribution < 1.29 is 5.11 Å². The summed E-state index contributed by atoms with van der Waals surface area (Å²) in [7, 11) is 0. The van der Waals surface area contributed by atoms with Crippen LogP contribution in [0.1, 0.15) is 26.7 Å². The van der Waals surface area contributed by atoms with Gasteiger partial charge in [0.05, 0.1) is 6.61 Å². The summed E-state index contributed by atoms with van der Waals surface area (Å²) in [5.74, 6) is 1.60. The Morgan fingerprint density at radius 2 is 2.36 bits per heavy atom. The van der Waals surface area contributed by atoms with Gasteiger partial charge in [-0.1, -0.05) is 19.9 Å². The van der Waals surface area contributed by atoms with Gasteiger partial charge in [0.15, 0.2) is 0 Å². The van der Waals surface area contributed by atoms with Crippen molar-refractivity contribution in [3.63, 3.8) is 0 Å². The molecule has 0 radical (unpaired) electrons. The molecule has 3 aliphatic rings. The SMILES string of the molecule is CC1(C)[C@H]2CC(CO)=C[C@@H]1C2. The van der Waals surface area contributed by atoms with E-state index >= 15 is 0 Å². The molecular formula is C10H16O. The third-order valence-electron chi connectivity index (χ3n) is 3.69. The van der Waals surface area contributed by atoms with E-state index in [1.165, 1.54) is 12.0 Å². The fraction of sp³-hybridized carbons (Fsp3) is 0.800. The van der Waals surface area contributed by atoms with Gasteiger partial charge in [0, 0.05) is 0 Å². The van der Waals surface area contributed by atoms with Crippen molar-refractivity contribution in [3.05, 3.63) is 11.6 Å². The number of allylic oxidation sites excluding steroid dienone is 1. The Hall–Kier alpha value is -0.300. The van der Waals surface area contributed by atoms with Crippen LogP contribution in [-0.4, -0.2) is 11.7 Å². The molecule has 0 aromatic carbocycles. The van der Waals surface area contributed by atoms with Gasteiger partial charge >= 0.3 is 0 Å². The molecule has 0 aromatic rings. The average Bonchev–Trinajstić information content (AvgIpc) is 2.04. The molecule has 3 aliphatic carbocycles. The van der Waals surface area contributed by atoms with Gasteiger partial charge in [-0.2, -0.15) is 0 Å². The van der Waals surface area contributed by atoms with Gasteiger partial charge in [-0.15, -0.1) is 0 Å². The Labute approximate surface area is 68.1 Å². The number of aliphatic hydroxyl groups is 1. The standard InChI is InChI=1S/C10H16O/c1-10(2)8-3-7(6-11)4-9(10)5-8/h3,8-9,11H,4-6H2,1-2H3/t8-,9+/m1/s1. The third kappa shape index (κ3) is 0.871. The fourth-order valence-electron chi connectivity index (χ4n) is 2.47. The minimum atomic E-state index is 0.281. The summed E-state index contributed by atoms with van der Waals surface area (Å²) in [5.41, 5.74) is 1.80. The van der Waals surface area contributed by atoms with Crippen LogP contribution < -0.4 is 0 Å². The van der Waals surface area contributed by atoms with E-state index in [0.29, 0.717) is 5.41 Å². The van der Waals surface area contributed by atoms with Crippen LogP contribution >= 0.6 is 0 Å². The third-order valence-corrected chi connectivity index (χ3v) is 3.69. The maximum absolute atomic E-state index is 8.93. The van der Waals surface area contributed by atoms with Gasteiger partial charge in [0.25, 0.3) is 0 Å². The van der Waals surface area contributed by atoms with Gasteiger partial charge in [-0.3, -0.25) is 0 Å². The van der Waals surface area contributed by atoms with Crippen molar-refractivity contribution in [1.29, 1.82) is 0 Å². The molecule has 0 heterocycles. The predicted octanol–water partition coefficient (Wildman–Crippen LogP) is 1.97. The quantitative estimate of drug-likeness (QED) is 0.569. The van der Waals surface area contributed by atoms with Crippen molar-refractivity contribution in [2.75, 3.05) is 6.61 Å². The molecule has 0 spiro atoms. The first-order chi connectivity index (χ1) is 5.14. The van der Waals surface area contributed by atoms with E-state index in [0.717, 1.165) is 18.3 Å². The zero-order chi connectivity index (χ0) is 8.06. The molecule has 2 atom stereocenters. The van der Waals surface area contributed by atoms with Crippen molar-refractivity contribution in [3.8, 4) is 0 Å². The van der Waals surface area contributed by atoms with E-state index in [-0.39, 0.29) is 6.61 Å². The first kappa shape index (κ1) is 7.35. The summed E-state index contributed by atoms with van der Waals surface area (Å²) >= 11 is 0. The van der Waals surface area contributed by atoms with Crippen LogP contribution in [0.25, 0.3) is 0 Å². The molecule has 0 saturated heterocycles. The smallest absolute Gasteiger partial charge is 0.0641 e. The molecule has 1 fully saturated rings. The lowest BCUT2D eigenvalue weighted by atomic mass is 9.50. The summed E-state index contributed by atoms with van der Waals surface area (Å²) in [6.45, 7) is 4.97. The average molecular weight is 152 g/mol. The molecule has 62 valence electrons. The Bertz CT molecular complexity index is 203. The molecule has 2 bridgehead atoms. The monoisotopic (exact) mass is 152 g/mol. The largest absolute Gasteiger partial charge is 0.392 e. The van der Waals surface area contributed by atoms with E-state index in [1.54, 1.807) is 0 Å². The molecule has 0 amide bonds. The highest BCUT2D eigenvalue weighted by atomic mass is 16.3. The highest BCUT2D eigenvalue weighted by molar-refractivity contribution is 5.21. The number of aliphatic hydroxyl groups excluding tert-OH is 1. The zero-order valence-corrected chi connectivity index (χ0v) is 7.30. The van der Waals surface area contributed by atoms with Gasteiger partial charge in [0.2, 0.25) is 0 Å². The molecule has 1 N–H and O–H groups in total. The van der Waals surface area contributed by atoms with Gasteiger partial charge in [-0.25, -0.2) is 0 Å². The molecule has 11 heavy (non-hydrogen) atoms. The van der Waals surface area contributed by atoms with Gasteiger partial charge in [0.1, 0.15) is 0 Å². The van der Waals surface area contributed by atoms with E-state index < -0.39 is 0 Å². The molecule has 3 rings (SSSR count). The first-order valence-electron chi connectivity index (χ1n) is 4.45. The summed E-state index contributed by atoms with van der Waals surface area (Å²) in [4.78, 5) is 0. The lowest BCUT2D eigenvalue weighted by molar-refractivity contribution is -0.00363. The molecule has 0 unspecified atom stereocenters. The Balaban J connectivity index is 2.19. The van der Waals surface area contributed by atoms with Crippen molar-refractivity contribution >= 4 is 0 Å². The summed E-state index contributed by atoms with van der Waals surface area (Å²) in [6, 6.07) is 0. The van der Waals surface area contributed by atoms with Crippen LogP contribution in [0.3, 0.4) is 0 Å². The van der Waals surface area contributed by atoms with Crippen LogP contribution in [0.15, 0.2) is 11.6 Å².